The summed E-state index contributed by atoms with van der Waals surface area (Å²) in [4.78, 5) is 15.4. The van der Waals surface area contributed by atoms with E-state index >= 15 is 0 Å². The molecule has 4 N–H and O–H groups in total. The minimum atomic E-state index is 0.545. The van der Waals surface area contributed by atoms with E-state index < -0.39 is 0 Å². The Morgan fingerprint density at radius 1 is 1.38 bits per heavy atom. The Hall–Kier alpha value is -2.11. The van der Waals surface area contributed by atoms with E-state index in [1.807, 2.05) is 19.9 Å². The van der Waals surface area contributed by atoms with Crippen LogP contribution in [-0.4, -0.2) is 19.9 Å². The Labute approximate surface area is 93.3 Å². The van der Waals surface area contributed by atoms with E-state index in [0.29, 0.717) is 18.2 Å². The zero-order valence-electron chi connectivity index (χ0n) is 9.28. The van der Waals surface area contributed by atoms with E-state index in [4.69, 9.17) is 5.73 Å². The van der Waals surface area contributed by atoms with Gasteiger partial charge in [0.15, 0.2) is 5.82 Å². The van der Waals surface area contributed by atoms with E-state index in [1.54, 1.807) is 6.20 Å². The van der Waals surface area contributed by atoms with Gasteiger partial charge < -0.3 is 16.0 Å². The molecule has 2 aromatic rings. The van der Waals surface area contributed by atoms with Crippen molar-refractivity contribution in [3.05, 3.63) is 29.6 Å². The highest BCUT2D eigenvalue weighted by Crippen LogP contribution is 2.14. The summed E-state index contributed by atoms with van der Waals surface area (Å²) in [7, 11) is 0. The number of nitrogens with zero attached hydrogens (tertiary/aromatic N) is 3. The fourth-order valence-corrected chi connectivity index (χ4v) is 1.42. The maximum Gasteiger partial charge on any atom is 0.169 e. The van der Waals surface area contributed by atoms with E-state index in [-0.39, 0.29) is 0 Å². The third-order valence-electron chi connectivity index (χ3n) is 2.12. The first kappa shape index (κ1) is 10.4. The lowest BCUT2D eigenvalue weighted by atomic mass is 10.4. The van der Waals surface area contributed by atoms with Gasteiger partial charge >= 0.3 is 0 Å². The number of nitrogens with two attached hydrogens (primary N) is 1. The average molecular weight is 218 g/mol. The van der Waals surface area contributed by atoms with E-state index in [0.717, 1.165) is 17.3 Å². The second-order valence-electron chi connectivity index (χ2n) is 3.53. The van der Waals surface area contributed by atoms with Crippen LogP contribution in [0, 0.1) is 13.8 Å². The number of aromatic nitrogens is 4. The zero-order valence-corrected chi connectivity index (χ0v) is 9.28. The highest BCUT2D eigenvalue weighted by atomic mass is 15.1. The molecule has 0 atom stereocenters. The van der Waals surface area contributed by atoms with Crippen molar-refractivity contribution in [1.82, 2.24) is 19.9 Å². The Morgan fingerprint density at radius 2 is 2.19 bits per heavy atom. The van der Waals surface area contributed by atoms with Crippen molar-refractivity contribution < 1.29 is 0 Å². The first-order valence-corrected chi connectivity index (χ1v) is 4.99. The van der Waals surface area contributed by atoms with Crippen LogP contribution in [-0.2, 0) is 6.54 Å². The molecular formula is C10H14N6. The standard InChI is InChI=1S/C10H14N6/c1-6-12-4-3-8(14-6)5-13-10-9(11)15-7(2)16-10/h3-4,13H,5,11H2,1-2H3,(H,15,16). The van der Waals surface area contributed by atoms with Gasteiger partial charge in [-0.2, -0.15) is 0 Å². The molecule has 2 aromatic heterocycles. The van der Waals surface area contributed by atoms with Gasteiger partial charge in [-0.15, -0.1) is 0 Å². The highest BCUT2D eigenvalue weighted by Gasteiger charge is 2.04. The topological polar surface area (TPSA) is 92.5 Å². The fourth-order valence-electron chi connectivity index (χ4n) is 1.42. The second-order valence-corrected chi connectivity index (χ2v) is 3.53. The van der Waals surface area contributed by atoms with Gasteiger partial charge in [0, 0.05) is 6.20 Å². The van der Waals surface area contributed by atoms with Gasteiger partial charge in [0.1, 0.15) is 17.5 Å². The first-order chi connectivity index (χ1) is 7.65. The van der Waals surface area contributed by atoms with Gasteiger partial charge in [0.2, 0.25) is 0 Å². The molecule has 16 heavy (non-hydrogen) atoms. The Morgan fingerprint density at radius 3 is 2.81 bits per heavy atom. The van der Waals surface area contributed by atoms with Crippen molar-refractivity contribution in [2.45, 2.75) is 20.4 Å². The number of hydrogen-bond acceptors (Lipinski definition) is 5. The molecule has 84 valence electrons. The molecule has 6 nitrogen and oxygen atoms in total. The largest absolute Gasteiger partial charge is 0.382 e. The van der Waals surface area contributed by atoms with E-state index in [2.05, 4.69) is 25.3 Å². The summed E-state index contributed by atoms with van der Waals surface area (Å²) in [5.41, 5.74) is 6.63. The molecule has 0 fully saturated rings. The minimum absolute atomic E-state index is 0.545. The van der Waals surface area contributed by atoms with Crippen LogP contribution < -0.4 is 11.1 Å². The monoisotopic (exact) mass is 218 g/mol. The van der Waals surface area contributed by atoms with Crippen LogP contribution in [0.3, 0.4) is 0 Å². The zero-order chi connectivity index (χ0) is 11.5. The summed E-state index contributed by atoms with van der Waals surface area (Å²) in [6.45, 7) is 4.30. The van der Waals surface area contributed by atoms with Crippen LogP contribution in [0.5, 0.6) is 0 Å². The van der Waals surface area contributed by atoms with Crippen LogP contribution in [0.25, 0.3) is 0 Å². The summed E-state index contributed by atoms with van der Waals surface area (Å²) in [5.74, 6) is 2.75. The fraction of sp³-hybridized carbons (Fsp3) is 0.300. The van der Waals surface area contributed by atoms with E-state index in [9.17, 15) is 0 Å². The Bertz CT molecular complexity index is 490. The smallest absolute Gasteiger partial charge is 0.169 e. The number of aryl methyl sites for hydroxylation is 2. The lowest BCUT2D eigenvalue weighted by Gasteiger charge is -2.03. The molecular weight excluding hydrogens is 204 g/mol. The van der Waals surface area contributed by atoms with Gasteiger partial charge in [0.25, 0.3) is 0 Å². The summed E-state index contributed by atoms with van der Waals surface area (Å²) >= 11 is 0. The van der Waals surface area contributed by atoms with Crippen molar-refractivity contribution in [2.24, 2.45) is 0 Å². The Kier molecular flexibility index (Phi) is 2.72. The normalized spacial score (nSPS) is 10.4. The maximum absolute atomic E-state index is 5.72. The van der Waals surface area contributed by atoms with Crippen LogP contribution >= 0.6 is 0 Å². The molecule has 6 heteroatoms. The van der Waals surface area contributed by atoms with Crippen LogP contribution in [0.2, 0.25) is 0 Å². The van der Waals surface area contributed by atoms with Crippen LogP contribution in [0.15, 0.2) is 12.3 Å². The van der Waals surface area contributed by atoms with Crippen molar-refractivity contribution in [3.63, 3.8) is 0 Å². The predicted molar refractivity (Wildman–Crippen MR) is 61.8 cm³/mol. The molecule has 2 rings (SSSR count). The maximum atomic E-state index is 5.72. The summed E-state index contributed by atoms with van der Waals surface area (Å²) in [5, 5.41) is 3.12. The van der Waals surface area contributed by atoms with Crippen molar-refractivity contribution in [2.75, 3.05) is 11.1 Å². The van der Waals surface area contributed by atoms with Crippen molar-refractivity contribution >= 4 is 11.6 Å². The molecule has 0 aromatic carbocycles. The SMILES string of the molecule is Cc1nccc(CNc2nc(C)[nH]c2N)n1. The lowest BCUT2D eigenvalue weighted by Crippen LogP contribution is -2.05. The van der Waals surface area contributed by atoms with Crippen LogP contribution in [0.1, 0.15) is 17.3 Å². The molecule has 0 saturated carbocycles. The highest BCUT2D eigenvalue weighted by molar-refractivity contribution is 5.56. The lowest BCUT2D eigenvalue weighted by molar-refractivity contribution is 0.951. The predicted octanol–water partition coefficient (Wildman–Crippen LogP) is 1.01. The number of nitrogens with one attached hydrogen (secondary N) is 2. The Balaban J connectivity index is 2.05. The molecule has 2 heterocycles. The third-order valence-corrected chi connectivity index (χ3v) is 2.12. The number of rotatable bonds is 3. The summed E-state index contributed by atoms with van der Waals surface area (Å²) in [6.07, 6.45) is 1.73. The van der Waals surface area contributed by atoms with Gasteiger partial charge in [-0.1, -0.05) is 0 Å². The number of imidazole rings is 1. The third kappa shape index (κ3) is 2.28. The summed E-state index contributed by atoms with van der Waals surface area (Å²) in [6, 6.07) is 1.86. The van der Waals surface area contributed by atoms with Crippen molar-refractivity contribution in [3.8, 4) is 0 Å². The molecule has 0 aliphatic carbocycles. The quantitative estimate of drug-likeness (QED) is 0.715. The van der Waals surface area contributed by atoms with Gasteiger partial charge in [0.05, 0.1) is 12.2 Å². The average Bonchev–Trinajstić information content (AvgIpc) is 2.54. The number of nitrogen functional groups attached to an aromatic ring is 1. The van der Waals surface area contributed by atoms with Gasteiger partial charge in [-0.3, -0.25) is 0 Å². The second kappa shape index (κ2) is 4.18. The van der Waals surface area contributed by atoms with Gasteiger partial charge in [-0.05, 0) is 19.9 Å². The number of anilines is 2. The van der Waals surface area contributed by atoms with Crippen molar-refractivity contribution in [1.29, 1.82) is 0 Å². The first-order valence-electron chi connectivity index (χ1n) is 4.99. The molecule has 0 spiro atoms. The van der Waals surface area contributed by atoms with Gasteiger partial charge in [-0.25, -0.2) is 15.0 Å². The number of hydrogen-bond donors (Lipinski definition) is 3. The molecule has 0 aliphatic heterocycles. The molecule has 0 bridgehead atoms. The van der Waals surface area contributed by atoms with Crippen LogP contribution in [0.4, 0.5) is 11.6 Å². The minimum Gasteiger partial charge on any atom is -0.382 e. The number of H-pyrrole nitrogens is 1. The molecule has 0 saturated heterocycles. The molecule has 0 radical (unpaired) electrons. The number of aromatic amines is 1. The summed E-state index contributed by atoms with van der Waals surface area (Å²) < 4.78 is 0. The molecule has 0 unspecified atom stereocenters. The molecule has 0 aliphatic rings. The molecule has 0 amide bonds. The van der Waals surface area contributed by atoms with E-state index in [1.165, 1.54) is 0 Å².